The van der Waals surface area contributed by atoms with Crippen LogP contribution in [0.25, 0.3) is 0 Å². The number of para-hydroxylation sites is 2. The average Bonchev–Trinajstić information content (AvgIpc) is 2.92. The van der Waals surface area contributed by atoms with E-state index < -0.39 is 5.41 Å². The molecular weight excluding hydrogens is 332 g/mol. The minimum absolute atomic E-state index is 0.138. The van der Waals surface area contributed by atoms with Gasteiger partial charge in [0.25, 0.3) is 0 Å². The number of nitrogens with zero attached hydrogens (tertiary/aromatic N) is 2. The highest BCUT2D eigenvalue weighted by Crippen LogP contribution is 2.55. The molecule has 0 radical (unpaired) electrons. The van der Waals surface area contributed by atoms with Crippen LogP contribution in [0.15, 0.2) is 79.1 Å². The molecule has 2 aromatic carbocycles. The van der Waals surface area contributed by atoms with Crippen molar-refractivity contribution in [2.24, 2.45) is 5.41 Å². The smallest absolute Gasteiger partial charge is 0.243 e. The van der Waals surface area contributed by atoms with E-state index in [1.807, 2.05) is 59.5 Å². The quantitative estimate of drug-likeness (QED) is 0.639. The van der Waals surface area contributed by atoms with Gasteiger partial charge in [0.05, 0.1) is 11.1 Å². The molecule has 1 atom stereocenters. The van der Waals surface area contributed by atoms with Crippen molar-refractivity contribution in [3.05, 3.63) is 90.3 Å². The van der Waals surface area contributed by atoms with E-state index in [1.165, 1.54) is 0 Å². The SMILES string of the molecule is CC(C)(C)C1(Cc2ccncc2)C(=O)N(c2ccccc2)c2ccccc21. The molecule has 3 aromatic rings. The predicted octanol–water partition coefficient (Wildman–Crippen LogP) is 5.29. The lowest BCUT2D eigenvalue weighted by Crippen LogP contribution is -2.49. The first kappa shape index (κ1) is 17.5. The van der Waals surface area contributed by atoms with E-state index in [-0.39, 0.29) is 11.3 Å². The van der Waals surface area contributed by atoms with Crippen LogP contribution in [0.3, 0.4) is 0 Å². The zero-order chi connectivity index (χ0) is 19.1. The van der Waals surface area contributed by atoms with Crippen molar-refractivity contribution in [3.8, 4) is 0 Å². The summed E-state index contributed by atoms with van der Waals surface area (Å²) < 4.78 is 0. The average molecular weight is 356 g/mol. The summed E-state index contributed by atoms with van der Waals surface area (Å²) in [4.78, 5) is 20.1. The Bertz CT molecular complexity index is 960. The summed E-state index contributed by atoms with van der Waals surface area (Å²) >= 11 is 0. The first-order valence-electron chi connectivity index (χ1n) is 9.33. The van der Waals surface area contributed by atoms with E-state index >= 15 is 0 Å². The lowest BCUT2D eigenvalue weighted by molar-refractivity contribution is -0.126. The van der Waals surface area contributed by atoms with Gasteiger partial charge in [-0.15, -0.1) is 0 Å². The largest absolute Gasteiger partial charge is 0.280 e. The number of benzene rings is 2. The van der Waals surface area contributed by atoms with Gasteiger partial charge < -0.3 is 0 Å². The van der Waals surface area contributed by atoms with Crippen molar-refractivity contribution in [1.82, 2.24) is 4.98 Å². The number of anilines is 2. The van der Waals surface area contributed by atoms with Gasteiger partial charge in [-0.3, -0.25) is 14.7 Å². The van der Waals surface area contributed by atoms with Crippen molar-refractivity contribution < 1.29 is 4.79 Å². The van der Waals surface area contributed by atoms with Gasteiger partial charge in [0.15, 0.2) is 0 Å². The Morgan fingerprint density at radius 2 is 1.52 bits per heavy atom. The molecule has 4 rings (SSSR count). The van der Waals surface area contributed by atoms with Gasteiger partial charge in [0.2, 0.25) is 5.91 Å². The van der Waals surface area contributed by atoms with E-state index in [4.69, 9.17) is 0 Å². The first-order valence-corrected chi connectivity index (χ1v) is 9.33. The Morgan fingerprint density at radius 3 is 2.19 bits per heavy atom. The fourth-order valence-corrected chi connectivity index (χ4v) is 4.25. The van der Waals surface area contributed by atoms with Crippen LogP contribution in [-0.4, -0.2) is 10.9 Å². The number of fused-ring (bicyclic) bond motifs is 1. The second-order valence-electron chi connectivity index (χ2n) is 8.18. The molecule has 2 heterocycles. The normalized spacial score (nSPS) is 19.2. The van der Waals surface area contributed by atoms with Crippen molar-refractivity contribution in [3.63, 3.8) is 0 Å². The van der Waals surface area contributed by atoms with Crippen LogP contribution >= 0.6 is 0 Å². The molecule has 1 aliphatic rings. The van der Waals surface area contributed by atoms with Crippen molar-refractivity contribution in [1.29, 1.82) is 0 Å². The minimum Gasteiger partial charge on any atom is -0.280 e. The highest BCUT2D eigenvalue weighted by Gasteiger charge is 2.57. The van der Waals surface area contributed by atoms with Gasteiger partial charge in [-0.05, 0) is 53.3 Å². The predicted molar refractivity (Wildman–Crippen MR) is 109 cm³/mol. The molecule has 1 aliphatic heterocycles. The topological polar surface area (TPSA) is 33.2 Å². The molecule has 1 unspecified atom stereocenters. The number of hydrogen-bond donors (Lipinski definition) is 0. The van der Waals surface area contributed by atoms with E-state index in [1.54, 1.807) is 12.4 Å². The zero-order valence-electron chi connectivity index (χ0n) is 16.0. The van der Waals surface area contributed by atoms with Crippen LogP contribution in [-0.2, 0) is 16.6 Å². The number of aromatic nitrogens is 1. The zero-order valence-corrected chi connectivity index (χ0v) is 16.0. The number of carbonyl (C=O) groups excluding carboxylic acids is 1. The van der Waals surface area contributed by atoms with Crippen molar-refractivity contribution in [2.75, 3.05) is 4.90 Å². The van der Waals surface area contributed by atoms with Crippen LogP contribution < -0.4 is 4.90 Å². The van der Waals surface area contributed by atoms with E-state index in [0.717, 1.165) is 22.5 Å². The fraction of sp³-hybridized carbons (Fsp3) is 0.250. The molecule has 0 saturated carbocycles. The molecular formula is C24H24N2O. The van der Waals surface area contributed by atoms with Crippen molar-refractivity contribution >= 4 is 17.3 Å². The number of amides is 1. The molecule has 1 amide bonds. The maximum absolute atomic E-state index is 14.0. The minimum atomic E-state index is -0.638. The Kier molecular flexibility index (Phi) is 4.11. The summed E-state index contributed by atoms with van der Waals surface area (Å²) in [5, 5.41) is 0. The molecule has 0 bridgehead atoms. The number of rotatable bonds is 3. The molecule has 0 spiro atoms. The van der Waals surface area contributed by atoms with Gasteiger partial charge in [0.1, 0.15) is 0 Å². The third-order valence-corrected chi connectivity index (χ3v) is 5.69. The first-order chi connectivity index (χ1) is 12.9. The maximum Gasteiger partial charge on any atom is 0.243 e. The number of carbonyl (C=O) groups is 1. The van der Waals surface area contributed by atoms with Gasteiger partial charge >= 0.3 is 0 Å². The molecule has 3 nitrogen and oxygen atoms in total. The lowest BCUT2D eigenvalue weighted by atomic mass is 9.60. The van der Waals surface area contributed by atoms with Gasteiger partial charge in [0, 0.05) is 18.1 Å². The van der Waals surface area contributed by atoms with Gasteiger partial charge in [-0.25, -0.2) is 0 Å². The van der Waals surface area contributed by atoms with E-state index in [9.17, 15) is 4.79 Å². The summed E-state index contributed by atoms with van der Waals surface area (Å²) in [6, 6.07) is 22.2. The van der Waals surface area contributed by atoms with E-state index in [0.29, 0.717) is 6.42 Å². The maximum atomic E-state index is 14.0. The third kappa shape index (κ3) is 2.66. The third-order valence-electron chi connectivity index (χ3n) is 5.69. The number of pyridine rings is 1. The molecule has 1 aromatic heterocycles. The summed E-state index contributed by atoms with van der Waals surface area (Å²) in [5.41, 5.74) is 3.22. The standard InChI is InChI=1S/C24H24N2O/c1-23(2,3)24(17-18-13-15-25-16-14-18)20-11-7-8-12-21(20)26(22(24)27)19-9-5-4-6-10-19/h4-16H,17H2,1-3H3. The highest BCUT2D eigenvalue weighted by molar-refractivity contribution is 6.13. The Labute approximate surface area is 160 Å². The van der Waals surface area contributed by atoms with Crippen LogP contribution in [0.4, 0.5) is 11.4 Å². The van der Waals surface area contributed by atoms with Gasteiger partial charge in [-0.1, -0.05) is 57.2 Å². The van der Waals surface area contributed by atoms with E-state index in [2.05, 4.69) is 37.9 Å². The fourth-order valence-electron chi connectivity index (χ4n) is 4.25. The monoisotopic (exact) mass is 356 g/mol. The molecule has 0 aliphatic carbocycles. The molecule has 136 valence electrons. The Morgan fingerprint density at radius 1 is 0.889 bits per heavy atom. The van der Waals surface area contributed by atoms with Gasteiger partial charge in [-0.2, -0.15) is 0 Å². The summed E-state index contributed by atoms with van der Waals surface area (Å²) in [5.74, 6) is 0.138. The summed E-state index contributed by atoms with van der Waals surface area (Å²) in [7, 11) is 0. The molecule has 27 heavy (non-hydrogen) atoms. The summed E-state index contributed by atoms with van der Waals surface area (Å²) in [6.07, 6.45) is 4.25. The van der Waals surface area contributed by atoms with Crippen LogP contribution in [0, 0.1) is 5.41 Å². The summed E-state index contributed by atoms with van der Waals surface area (Å²) in [6.45, 7) is 6.49. The molecule has 0 N–H and O–H groups in total. The lowest BCUT2D eigenvalue weighted by Gasteiger charge is -2.41. The van der Waals surface area contributed by atoms with Crippen LogP contribution in [0.5, 0.6) is 0 Å². The molecule has 3 heteroatoms. The molecule has 0 fully saturated rings. The second kappa shape index (κ2) is 6.34. The Hall–Kier alpha value is -2.94. The number of hydrogen-bond acceptors (Lipinski definition) is 2. The molecule has 0 saturated heterocycles. The second-order valence-corrected chi connectivity index (χ2v) is 8.18. The van der Waals surface area contributed by atoms with Crippen molar-refractivity contribution in [2.45, 2.75) is 32.6 Å². The van der Waals surface area contributed by atoms with Crippen LogP contribution in [0.1, 0.15) is 31.9 Å². The Balaban J connectivity index is 1.95. The highest BCUT2D eigenvalue weighted by atomic mass is 16.2. The van der Waals surface area contributed by atoms with Crippen LogP contribution in [0.2, 0.25) is 0 Å².